The maximum Gasteiger partial charge on any atom is 0.307 e. The van der Waals surface area contributed by atoms with Gasteiger partial charge in [-0.1, -0.05) is 29.8 Å². The number of carbonyl (C=O) groups excluding carboxylic acids is 3. The summed E-state index contributed by atoms with van der Waals surface area (Å²) in [7, 11) is 2.76. The van der Waals surface area contributed by atoms with Gasteiger partial charge in [0.2, 0.25) is 0 Å². The van der Waals surface area contributed by atoms with Crippen molar-refractivity contribution in [1.82, 2.24) is 10.6 Å². The maximum absolute atomic E-state index is 12.9. The molecule has 1 unspecified atom stereocenters. The lowest BCUT2D eigenvalue weighted by Crippen LogP contribution is -2.34. The van der Waals surface area contributed by atoms with E-state index < -0.39 is 12.0 Å². The molecule has 32 heavy (non-hydrogen) atoms. The first kappa shape index (κ1) is 24.7. The van der Waals surface area contributed by atoms with Gasteiger partial charge in [0, 0.05) is 11.6 Å². The quantitative estimate of drug-likeness (QED) is 0.549. The monoisotopic (exact) mass is 442 g/mol. The summed E-state index contributed by atoms with van der Waals surface area (Å²) in [6.07, 6.45) is -0.00536. The van der Waals surface area contributed by atoms with Crippen LogP contribution in [0.1, 0.15) is 47.8 Å². The van der Waals surface area contributed by atoms with Gasteiger partial charge in [0.1, 0.15) is 0 Å². The third kappa shape index (κ3) is 7.30. The molecule has 0 bridgehead atoms. The minimum atomic E-state index is -0.558. The SMILES string of the molecule is COC(=O)CC(NC(=O)c1ccc(OCC(=O)NC(C)C)c(OC)c1)c1ccc(C)cc1. The predicted octanol–water partition coefficient (Wildman–Crippen LogP) is 2.94. The Morgan fingerprint density at radius 3 is 2.22 bits per heavy atom. The molecule has 0 aliphatic carbocycles. The zero-order valence-electron chi connectivity index (χ0n) is 19.1. The average molecular weight is 443 g/mol. The first-order chi connectivity index (χ1) is 15.2. The zero-order chi connectivity index (χ0) is 23.7. The molecule has 0 saturated carbocycles. The molecule has 0 spiro atoms. The van der Waals surface area contributed by atoms with Gasteiger partial charge in [-0.05, 0) is 44.5 Å². The van der Waals surface area contributed by atoms with Crippen molar-refractivity contribution in [3.8, 4) is 11.5 Å². The van der Waals surface area contributed by atoms with Crippen LogP contribution in [-0.2, 0) is 14.3 Å². The maximum atomic E-state index is 12.9. The van der Waals surface area contributed by atoms with Crippen molar-refractivity contribution in [2.45, 2.75) is 39.3 Å². The van der Waals surface area contributed by atoms with Crippen molar-refractivity contribution in [3.63, 3.8) is 0 Å². The lowest BCUT2D eigenvalue weighted by molar-refractivity contribution is -0.141. The Bertz CT molecular complexity index is 940. The second kappa shape index (κ2) is 11.7. The van der Waals surface area contributed by atoms with Crippen molar-refractivity contribution < 1.29 is 28.6 Å². The Morgan fingerprint density at radius 2 is 1.62 bits per heavy atom. The van der Waals surface area contributed by atoms with Crippen molar-refractivity contribution >= 4 is 17.8 Å². The van der Waals surface area contributed by atoms with Crippen LogP contribution in [0.15, 0.2) is 42.5 Å². The van der Waals surface area contributed by atoms with Crippen LogP contribution in [0.3, 0.4) is 0 Å². The van der Waals surface area contributed by atoms with E-state index in [4.69, 9.17) is 14.2 Å². The van der Waals surface area contributed by atoms with Crippen LogP contribution in [0.25, 0.3) is 0 Å². The van der Waals surface area contributed by atoms with E-state index >= 15 is 0 Å². The Balaban J connectivity index is 2.16. The van der Waals surface area contributed by atoms with Crippen LogP contribution < -0.4 is 20.1 Å². The van der Waals surface area contributed by atoms with Crippen LogP contribution in [0.5, 0.6) is 11.5 Å². The standard InChI is InChI=1S/C24H30N2O6/c1-15(2)25-22(27)14-32-20-11-10-18(12-21(20)30-4)24(29)26-19(13-23(28)31-5)17-8-6-16(3)7-9-17/h6-12,15,19H,13-14H2,1-5H3,(H,25,27)(H,26,29). The van der Waals surface area contributed by atoms with Gasteiger partial charge in [0.25, 0.3) is 11.8 Å². The molecule has 8 heteroatoms. The second-order valence-electron chi connectivity index (χ2n) is 7.59. The van der Waals surface area contributed by atoms with Crippen LogP contribution in [0.4, 0.5) is 0 Å². The molecule has 2 aromatic rings. The van der Waals surface area contributed by atoms with Gasteiger partial charge in [0.15, 0.2) is 18.1 Å². The van der Waals surface area contributed by atoms with E-state index in [1.807, 2.05) is 45.0 Å². The molecule has 0 fully saturated rings. The summed E-state index contributed by atoms with van der Waals surface area (Å²) in [6.45, 7) is 5.50. The summed E-state index contributed by atoms with van der Waals surface area (Å²) >= 11 is 0. The number of rotatable bonds is 10. The fraction of sp³-hybridized carbons (Fsp3) is 0.375. The Morgan fingerprint density at radius 1 is 0.938 bits per heavy atom. The molecular formula is C24H30N2O6. The smallest absolute Gasteiger partial charge is 0.307 e. The lowest BCUT2D eigenvalue weighted by atomic mass is 10.0. The highest BCUT2D eigenvalue weighted by molar-refractivity contribution is 5.95. The summed E-state index contributed by atoms with van der Waals surface area (Å²) in [6, 6.07) is 11.7. The van der Waals surface area contributed by atoms with E-state index in [1.165, 1.54) is 20.3 Å². The summed E-state index contributed by atoms with van der Waals surface area (Å²) < 4.78 is 15.6. The summed E-state index contributed by atoms with van der Waals surface area (Å²) in [5.41, 5.74) is 2.18. The molecule has 0 aliphatic heterocycles. The molecule has 2 aromatic carbocycles. The molecule has 172 valence electrons. The largest absolute Gasteiger partial charge is 0.493 e. The number of hydrogen-bond donors (Lipinski definition) is 2. The van der Waals surface area contributed by atoms with Gasteiger partial charge >= 0.3 is 5.97 Å². The Labute approximate surface area is 188 Å². The summed E-state index contributed by atoms with van der Waals surface area (Å²) in [5.74, 6) is -0.422. The van der Waals surface area contributed by atoms with Crippen LogP contribution in [-0.4, -0.2) is 44.7 Å². The highest BCUT2D eigenvalue weighted by Gasteiger charge is 2.21. The predicted molar refractivity (Wildman–Crippen MR) is 120 cm³/mol. The summed E-state index contributed by atoms with van der Waals surface area (Å²) in [5, 5.41) is 5.61. The molecule has 0 aliphatic rings. The number of hydrogen-bond acceptors (Lipinski definition) is 6. The zero-order valence-corrected chi connectivity index (χ0v) is 19.1. The number of amides is 2. The van der Waals surface area contributed by atoms with Crippen molar-refractivity contribution in [1.29, 1.82) is 0 Å². The van der Waals surface area contributed by atoms with E-state index in [1.54, 1.807) is 12.1 Å². The number of methoxy groups -OCH3 is 2. The number of benzene rings is 2. The van der Waals surface area contributed by atoms with E-state index in [-0.39, 0.29) is 30.9 Å². The van der Waals surface area contributed by atoms with Crippen molar-refractivity contribution in [2.75, 3.05) is 20.8 Å². The third-order valence-corrected chi connectivity index (χ3v) is 4.62. The average Bonchev–Trinajstić information content (AvgIpc) is 2.76. The topological polar surface area (TPSA) is 103 Å². The number of ether oxygens (including phenoxy) is 3. The molecule has 0 saturated heterocycles. The minimum Gasteiger partial charge on any atom is -0.493 e. The first-order valence-corrected chi connectivity index (χ1v) is 10.3. The molecule has 2 amide bonds. The fourth-order valence-corrected chi connectivity index (χ4v) is 2.98. The van der Waals surface area contributed by atoms with Gasteiger partial charge in [-0.15, -0.1) is 0 Å². The van der Waals surface area contributed by atoms with Gasteiger partial charge in [-0.2, -0.15) is 0 Å². The Hall–Kier alpha value is -3.55. The molecule has 0 heterocycles. The van der Waals surface area contributed by atoms with Crippen LogP contribution >= 0.6 is 0 Å². The summed E-state index contributed by atoms with van der Waals surface area (Å²) in [4.78, 5) is 36.6. The van der Waals surface area contributed by atoms with E-state index in [0.717, 1.165) is 11.1 Å². The van der Waals surface area contributed by atoms with Crippen LogP contribution in [0, 0.1) is 6.92 Å². The second-order valence-corrected chi connectivity index (χ2v) is 7.59. The molecule has 2 rings (SSSR count). The Kier molecular flexibility index (Phi) is 9.07. The molecular weight excluding hydrogens is 412 g/mol. The third-order valence-electron chi connectivity index (χ3n) is 4.62. The minimum absolute atomic E-state index is 0.00512. The highest BCUT2D eigenvalue weighted by Crippen LogP contribution is 2.28. The molecule has 1 atom stereocenters. The molecule has 0 radical (unpaired) electrons. The van der Waals surface area contributed by atoms with Gasteiger partial charge in [-0.3, -0.25) is 14.4 Å². The number of carbonyl (C=O) groups is 3. The van der Waals surface area contributed by atoms with E-state index in [2.05, 4.69) is 10.6 Å². The fourth-order valence-electron chi connectivity index (χ4n) is 2.98. The first-order valence-electron chi connectivity index (χ1n) is 10.3. The molecule has 0 aromatic heterocycles. The van der Waals surface area contributed by atoms with Crippen molar-refractivity contribution in [3.05, 3.63) is 59.2 Å². The van der Waals surface area contributed by atoms with Gasteiger partial charge in [-0.25, -0.2) is 0 Å². The van der Waals surface area contributed by atoms with Crippen LogP contribution in [0.2, 0.25) is 0 Å². The van der Waals surface area contributed by atoms with Crippen molar-refractivity contribution in [2.24, 2.45) is 0 Å². The molecule has 2 N–H and O–H groups in total. The van der Waals surface area contributed by atoms with Gasteiger partial charge < -0.3 is 24.8 Å². The highest BCUT2D eigenvalue weighted by atomic mass is 16.5. The lowest BCUT2D eigenvalue weighted by Gasteiger charge is -2.19. The van der Waals surface area contributed by atoms with E-state index in [0.29, 0.717) is 17.1 Å². The van der Waals surface area contributed by atoms with E-state index in [9.17, 15) is 14.4 Å². The molecule has 8 nitrogen and oxygen atoms in total. The normalized spacial score (nSPS) is 11.4. The van der Waals surface area contributed by atoms with Gasteiger partial charge in [0.05, 0.1) is 26.7 Å². The number of aryl methyl sites for hydroxylation is 1. The number of esters is 1. The number of nitrogens with one attached hydrogen (secondary N) is 2.